The molecule has 4 heteroatoms. The van der Waals surface area contributed by atoms with Crippen LogP contribution < -0.4 is 0 Å². The fraction of sp³-hybridized carbons (Fsp3) is 1.00. The molecule has 0 aliphatic carbocycles. The van der Waals surface area contributed by atoms with Crippen LogP contribution in [0.3, 0.4) is 0 Å². The van der Waals surface area contributed by atoms with Crippen molar-refractivity contribution in [1.82, 2.24) is 0 Å². The van der Waals surface area contributed by atoms with E-state index >= 15 is 0 Å². The second kappa shape index (κ2) is 1.54. The van der Waals surface area contributed by atoms with Crippen molar-refractivity contribution >= 4 is 31.9 Å². The zero-order chi connectivity index (χ0) is 4.50. The third-order valence-electron chi connectivity index (χ3n) is 0. The van der Waals surface area contributed by atoms with E-state index < -0.39 is 3.73 Å². The summed E-state index contributed by atoms with van der Waals surface area (Å²) in [4.78, 5) is 0. The van der Waals surface area contributed by atoms with Crippen LogP contribution in [0.25, 0.3) is 0 Å². The first-order valence-corrected chi connectivity index (χ1v) is 2.52. The number of hydrogen-bond acceptors (Lipinski definition) is 0. The maximum atomic E-state index is 10.9. The molecule has 0 aliphatic heterocycles. The summed E-state index contributed by atoms with van der Waals surface area (Å²) in [5, 5.41) is 0. The van der Waals surface area contributed by atoms with Gasteiger partial charge in [-0.3, -0.25) is 0 Å². The van der Waals surface area contributed by atoms with Gasteiger partial charge < -0.3 is 0 Å². The van der Waals surface area contributed by atoms with Gasteiger partial charge >= 0.3 is 44.5 Å². The van der Waals surface area contributed by atoms with Crippen LogP contribution in [0.4, 0.5) is 8.78 Å². The zero-order valence-corrected chi connectivity index (χ0v) is 5.54. The summed E-state index contributed by atoms with van der Waals surface area (Å²) < 4.78 is 19.1. The minimum atomic E-state index is -2.75. The quantitative estimate of drug-likeness (QED) is 0.410. The Morgan fingerprint density at radius 2 is 1.60 bits per heavy atom. The molecular weight excluding hydrogens is 209 g/mol. The molecule has 0 aromatic rings. The minimum absolute atomic E-state index is 1.17. The second-order valence-corrected chi connectivity index (χ2v) is 3.97. The van der Waals surface area contributed by atoms with Crippen LogP contribution in [-0.2, 0) is 0 Å². The third kappa shape index (κ3) is 53.8. The molecule has 0 saturated heterocycles. The van der Waals surface area contributed by atoms with E-state index in [9.17, 15) is 8.78 Å². The molecule has 0 aromatic carbocycles. The summed E-state index contributed by atoms with van der Waals surface area (Å²) in [6, 6.07) is 0. The molecule has 0 fully saturated rings. The average molecular weight is 210 g/mol. The Bertz CT molecular complexity index is 25.1. The van der Waals surface area contributed by atoms with Gasteiger partial charge in [0.25, 0.3) is 0 Å². The molecule has 32 valence electrons. The van der Waals surface area contributed by atoms with E-state index in [0.29, 0.717) is 0 Å². The van der Waals surface area contributed by atoms with Crippen molar-refractivity contribution in [2.45, 2.75) is 3.73 Å². The molecule has 0 atom stereocenters. The van der Waals surface area contributed by atoms with Crippen LogP contribution in [0.2, 0.25) is 0 Å². The van der Waals surface area contributed by atoms with Crippen molar-refractivity contribution in [3.05, 3.63) is 0 Å². The number of rotatable bonds is 0. The Morgan fingerprint density at radius 3 is 1.60 bits per heavy atom. The van der Waals surface area contributed by atoms with Crippen molar-refractivity contribution in [2.24, 2.45) is 0 Å². The topological polar surface area (TPSA) is 0 Å². The van der Waals surface area contributed by atoms with Crippen molar-refractivity contribution in [3.63, 3.8) is 0 Å². The summed E-state index contributed by atoms with van der Waals surface area (Å²) in [5.41, 5.74) is 0. The Labute approximate surface area is 44.9 Å². The molecule has 0 saturated carbocycles. The van der Waals surface area contributed by atoms with Crippen LogP contribution in [0, 0.1) is 0 Å². The van der Waals surface area contributed by atoms with Crippen molar-refractivity contribution < 1.29 is 8.78 Å². The van der Waals surface area contributed by atoms with E-state index in [1.807, 2.05) is 15.9 Å². The first kappa shape index (κ1) is 5.86. The van der Waals surface area contributed by atoms with Crippen LogP contribution in [0.15, 0.2) is 0 Å². The Hall–Kier alpha value is 0.859. The standard InChI is InChI=1S/CHBrF2Se/c2-1(3,4)5/h5H. The van der Waals surface area contributed by atoms with Gasteiger partial charge in [0.2, 0.25) is 0 Å². The summed E-state index contributed by atoms with van der Waals surface area (Å²) in [5.74, 6) is 0. The SMILES string of the molecule is FC(F)([SeH])Br. The first-order valence-electron chi connectivity index (χ1n) is 0.791. The molecule has 0 aliphatic rings. The molecule has 0 N–H and O–H groups in total. The first-order chi connectivity index (χ1) is 2.00. The van der Waals surface area contributed by atoms with E-state index in [0.717, 1.165) is 0 Å². The normalized spacial score (nSPS) is 12.0. The molecule has 0 unspecified atom stereocenters. The van der Waals surface area contributed by atoms with Crippen LogP contribution in [0.1, 0.15) is 0 Å². The van der Waals surface area contributed by atoms with Gasteiger partial charge in [-0.15, -0.1) is 0 Å². The van der Waals surface area contributed by atoms with Gasteiger partial charge in [0.1, 0.15) is 0 Å². The number of alkyl halides is 3. The number of halogens is 3. The van der Waals surface area contributed by atoms with Gasteiger partial charge in [-0.1, -0.05) is 0 Å². The van der Waals surface area contributed by atoms with E-state index in [1.54, 1.807) is 0 Å². The molecule has 0 amide bonds. The van der Waals surface area contributed by atoms with E-state index in [4.69, 9.17) is 0 Å². The van der Waals surface area contributed by atoms with Crippen LogP contribution in [0.5, 0.6) is 0 Å². The summed E-state index contributed by atoms with van der Waals surface area (Å²) in [7, 11) is 0. The van der Waals surface area contributed by atoms with E-state index in [1.165, 1.54) is 16.0 Å². The fourth-order valence-electron chi connectivity index (χ4n) is 0. The molecule has 0 rings (SSSR count). The van der Waals surface area contributed by atoms with Gasteiger partial charge in [0, 0.05) is 0 Å². The second-order valence-electron chi connectivity index (χ2n) is 0.468. The molecule has 0 radical (unpaired) electrons. The Morgan fingerprint density at radius 1 is 1.60 bits per heavy atom. The number of hydrogen-bond donors (Lipinski definition) is 0. The van der Waals surface area contributed by atoms with E-state index in [-0.39, 0.29) is 0 Å². The fourth-order valence-corrected chi connectivity index (χ4v) is 0. The van der Waals surface area contributed by atoms with Crippen LogP contribution in [-0.4, -0.2) is 19.7 Å². The molecular formula is CHBrF2Se. The maximum absolute atomic E-state index is 10.9. The summed E-state index contributed by atoms with van der Waals surface area (Å²) >= 11 is 3.18. The van der Waals surface area contributed by atoms with Crippen molar-refractivity contribution in [1.29, 1.82) is 0 Å². The summed E-state index contributed by atoms with van der Waals surface area (Å²) in [6.07, 6.45) is 0. The molecule has 0 bridgehead atoms. The molecule has 0 aromatic heterocycles. The molecule has 0 nitrogen and oxygen atoms in total. The van der Waals surface area contributed by atoms with Crippen LogP contribution >= 0.6 is 15.9 Å². The van der Waals surface area contributed by atoms with E-state index in [2.05, 4.69) is 0 Å². The Kier molecular flexibility index (Phi) is 1.80. The summed E-state index contributed by atoms with van der Waals surface area (Å²) in [6.45, 7) is 0. The zero-order valence-electron chi connectivity index (χ0n) is 2.08. The van der Waals surface area contributed by atoms with Gasteiger partial charge in [-0.05, 0) is 0 Å². The predicted molar refractivity (Wildman–Crippen MR) is 21.0 cm³/mol. The van der Waals surface area contributed by atoms with Crippen molar-refractivity contribution in [2.75, 3.05) is 0 Å². The molecule has 0 heterocycles. The monoisotopic (exact) mass is 210 g/mol. The van der Waals surface area contributed by atoms with Crippen molar-refractivity contribution in [3.8, 4) is 0 Å². The average Bonchev–Trinajstić information content (AvgIpc) is 0.722. The van der Waals surface area contributed by atoms with Gasteiger partial charge in [-0.2, -0.15) is 0 Å². The predicted octanol–water partition coefficient (Wildman–Crippen LogP) is 0.832. The van der Waals surface area contributed by atoms with Gasteiger partial charge in [-0.25, -0.2) is 0 Å². The third-order valence-corrected chi connectivity index (χ3v) is 0. The molecule has 5 heavy (non-hydrogen) atoms. The Balaban J connectivity index is 3.02. The molecule has 0 spiro atoms. The van der Waals surface area contributed by atoms with Gasteiger partial charge in [0.15, 0.2) is 0 Å². The van der Waals surface area contributed by atoms with Gasteiger partial charge in [0.05, 0.1) is 0 Å².